The number of hydrogen-bond donors (Lipinski definition) is 1. The van der Waals surface area contributed by atoms with Crippen LogP contribution >= 0.6 is 0 Å². The van der Waals surface area contributed by atoms with Gasteiger partial charge >= 0.3 is 6.01 Å². The SMILES string of the molecule is O=S(=O)(Nc1cnc(Oc2ccccc2)nc1)c1ccc2c(c1)CCO2. The molecule has 0 atom stereocenters. The third kappa shape index (κ3) is 3.45. The average Bonchev–Trinajstić information content (AvgIpc) is 3.12. The third-order valence-corrected chi connectivity index (χ3v) is 5.18. The van der Waals surface area contributed by atoms with Gasteiger partial charge < -0.3 is 9.47 Å². The largest absolute Gasteiger partial charge is 0.493 e. The van der Waals surface area contributed by atoms with Crippen LogP contribution in [0.3, 0.4) is 0 Å². The molecule has 0 saturated carbocycles. The quantitative estimate of drug-likeness (QED) is 0.743. The van der Waals surface area contributed by atoms with E-state index < -0.39 is 10.0 Å². The molecular weight excluding hydrogens is 354 g/mol. The molecule has 0 saturated heterocycles. The lowest BCUT2D eigenvalue weighted by molar-refractivity contribution is 0.356. The first kappa shape index (κ1) is 16.3. The summed E-state index contributed by atoms with van der Waals surface area (Å²) in [6.45, 7) is 0.572. The van der Waals surface area contributed by atoms with E-state index >= 15 is 0 Å². The van der Waals surface area contributed by atoms with Crippen molar-refractivity contribution in [2.24, 2.45) is 0 Å². The third-order valence-electron chi connectivity index (χ3n) is 3.80. The summed E-state index contributed by atoms with van der Waals surface area (Å²) >= 11 is 0. The van der Waals surface area contributed by atoms with Gasteiger partial charge in [-0.15, -0.1) is 0 Å². The van der Waals surface area contributed by atoms with Crippen LogP contribution in [0.15, 0.2) is 65.8 Å². The maximum Gasteiger partial charge on any atom is 0.322 e. The highest BCUT2D eigenvalue weighted by molar-refractivity contribution is 7.92. The van der Waals surface area contributed by atoms with Crippen LogP contribution in [-0.4, -0.2) is 25.0 Å². The summed E-state index contributed by atoms with van der Waals surface area (Å²) < 4.78 is 38.4. The molecule has 0 amide bonds. The summed E-state index contributed by atoms with van der Waals surface area (Å²) in [5.41, 5.74) is 1.14. The van der Waals surface area contributed by atoms with E-state index in [1.54, 1.807) is 24.3 Å². The van der Waals surface area contributed by atoms with Crippen LogP contribution in [-0.2, 0) is 16.4 Å². The van der Waals surface area contributed by atoms with E-state index in [9.17, 15) is 8.42 Å². The van der Waals surface area contributed by atoms with E-state index in [2.05, 4.69) is 14.7 Å². The molecule has 1 N–H and O–H groups in total. The van der Waals surface area contributed by atoms with Crippen LogP contribution in [0.5, 0.6) is 17.5 Å². The van der Waals surface area contributed by atoms with E-state index in [0.717, 1.165) is 11.3 Å². The van der Waals surface area contributed by atoms with Crippen molar-refractivity contribution in [1.29, 1.82) is 0 Å². The highest BCUT2D eigenvalue weighted by Crippen LogP contribution is 2.28. The Hall–Kier alpha value is -3.13. The average molecular weight is 369 g/mol. The van der Waals surface area contributed by atoms with E-state index in [4.69, 9.17) is 9.47 Å². The first-order chi connectivity index (χ1) is 12.6. The van der Waals surface area contributed by atoms with Gasteiger partial charge in [0.25, 0.3) is 10.0 Å². The van der Waals surface area contributed by atoms with Crippen molar-refractivity contribution in [3.63, 3.8) is 0 Å². The second kappa shape index (κ2) is 6.64. The maximum atomic E-state index is 12.5. The van der Waals surface area contributed by atoms with Gasteiger partial charge in [0.15, 0.2) is 0 Å². The molecule has 0 bridgehead atoms. The van der Waals surface area contributed by atoms with Crippen molar-refractivity contribution < 1.29 is 17.9 Å². The zero-order chi connectivity index (χ0) is 18.0. The summed E-state index contributed by atoms with van der Waals surface area (Å²) in [5.74, 6) is 1.33. The predicted octanol–water partition coefficient (Wildman–Crippen LogP) is 3.00. The van der Waals surface area contributed by atoms with Crippen molar-refractivity contribution in [3.8, 4) is 17.5 Å². The van der Waals surface area contributed by atoms with E-state index in [1.165, 1.54) is 18.5 Å². The Morgan fingerprint density at radius 1 is 1.04 bits per heavy atom. The van der Waals surface area contributed by atoms with Gasteiger partial charge in [0.2, 0.25) is 0 Å². The number of nitrogens with one attached hydrogen (secondary N) is 1. The number of rotatable bonds is 5. The van der Waals surface area contributed by atoms with Crippen molar-refractivity contribution in [2.75, 3.05) is 11.3 Å². The van der Waals surface area contributed by atoms with Crippen LogP contribution in [0.4, 0.5) is 5.69 Å². The molecule has 1 aliphatic heterocycles. The van der Waals surface area contributed by atoms with E-state index in [1.807, 2.05) is 18.2 Å². The van der Waals surface area contributed by atoms with Gasteiger partial charge in [0, 0.05) is 6.42 Å². The molecule has 0 fully saturated rings. The van der Waals surface area contributed by atoms with Crippen LogP contribution in [0.1, 0.15) is 5.56 Å². The zero-order valence-corrected chi connectivity index (χ0v) is 14.4. The molecule has 0 aliphatic carbocycles. The Kier molecular flexibility index (Phi) is 4.18. The zero-order valence-electron chi connectivity index (χ0n) is 13.6. The molecule has 8 heteroatoms. The number of ether oxygens (including phenoxy) is 2. The Bertz CT molecular complexity index is 1020. The topological polar surface area (TPSA) is 90.4 Å². The second-order valence-corrected chi connectivity index (χ2v) is 7.33. The lowest BCUT2D eigenvalue weighted by Gasteiger charge is -2.09. The standard InChI is InChI=1S/C18H15N3O4S/c22-26(23,16-6-7-17-13(10-16)8-9-24-17)21-14-11-19-18(20-12-14)25-15-4-2-1-3-5-15/h1-7,10-12,21H,8-9H2. The molecule has 1 aliphatic rings. The van der Waals surface area contributed by atoms with E-state index in [0.29, 0.717) is 18.8 Å². The van der Waals surface area contributed by atoms with Crippen LogP contribution in [0.25, 0.3) is 0 Å². The molecular formula is C18H15N3O4S. The molecule has 2 heterocycles. The molecule has 0 spiro atoms. The molecule has 3 aromatic rings. The number of hydrogen-bond acceptors (Lipinski definition) is 6. The van der Waals surface area contributed by atoms with Crippen LogP contribution in [0, 0.1) is 0 Å². The Balaban J connectivity index is 1.49. The van der Waals surface area contributed by atoms with Gasteiger partial charge in [0.1, 0.15) is 11.5 Å². The van der Waals surface area contributed by atoms with Crippen molar-refractivity contribution in [1.82, 2.24) is 9.97 Å². The van der Waals surface area contributed by atoms with Crippen molar-refractivity contribution >= 4 is 15.7 Å². The smallest absolute Gasteiger partial charge is 0.322 e. The molecule has 26 heavy (non-hydrogen) atoms. The molecule has 0 radical (unpaired) electrons. The number of sulfonamides is 1. The van der Waals surface area contributed by atoms with Gasteiger partial charge in [-0.05, 0) is 35.9 Å². The summed E-state index contributed by atoms with van der Waals surface area (Å²) in [6.07, 6.45) is 3.42. The number of para-hydroxylation sites is 1. The van der Waals surface area contributed by atoms with E-state index in [-0.39, 0.29) is 16.6 Å². The van der Waals surface area contributed by atoms with Gasteiger partial charge in [-0.3, -0.25) is 4.72 Å². The summed E-state index contributed by atoms with van der Waals surface area (Å²) in [4.78, 5) is 8.23. The van der Waals surface area contributed by atoms with Crippen LogP contribution < -0.4 is 14.2 Å². The van der Waals surface area contributed by atoms with Crippen molar-refractivity contribution in [2.45, 2.75) is 11.3 Å². The minimum Gasteiger partial charge on any atom is -0.493 e. The molecule has 132 valence electrons. The second-order valence-electron chi connectivity index (χ2n) is 5.64. The Morgan fingerprint density at radius 3 is 2.58 bits per heavy atom. The lowest BCUT2D eigenvalue weighted by Crippen LogP contribution is -2.13. The monoisotopic (exact) mass is 369 g/mol. The minimum atomic E-state index is -3.73. The highest BCUT2D eigenvalue weighted by Gasteiger charge is 2.19. The maximum absolute atomic E-state index is 12.5. The molecule has 4 rings (SSSR count). The predicted molar refractivity (Wildman–Crippen MR) is 95.0 cm³/mol. The number of nitrogens with zero attached hydrogens (tertiary/aromatic N) is 2. The summed E-state index contributed by atoms with van der Waals surface area (Å²) in [5, 5.41) is 0. The Morgan fingerprint density at radius 2 is 1.81 bits per heavy atom. The molecule has 2 aromatic carbocycles. The van der Waals surface area contributed by atoms with Crippen LogP contribution in [0.2, 0.25) is 0 Å². The minimum absolute atomic E-state index is 0.133. The van der Waals surface area contributed by atoms with Gasteiger partial charge in [-0.25, -0.2) is 18.4 Å². The molecule has 1 aromatic heterocycles. The number of aromatic nitrogens is 2. The van der Waals surface area contributed by atoms with Gasteiger partial charge in [0.05, 0.1) is 29.6 Å². The first-order valence-electron chi connectivity index (χ1n) is 7.94. The summed E-state index contributed by atoms with van der Waals surface area (Å²) in [7, 11) is -3.73. The number of fused-ring (bicyclic) bond motifs is 1. The first-order valence-corrected chi connectivity index (χ1v) is 9.42. The number of anilines is 1. The highest BCUT2D eigenvalue weighted by atomic mass is 32.2. The fourth-order valence-corrected chi connectivity index (χ4v) is 3.64. The Labute approximate surface area is 150 Å². The number of benzene rings is 2. The molecule has 0 unspecified atom stereocenters. The fourth-order valence-electron chi connectivity index (χ4n) is 2.56. The lowest BCUT2D eigenvalue weighted by atomic mass is 10.2. The van der Waals surface area contributed by atoms with Gasteiger partial charge in [-0.2, -0.15) is 0 Å². The fraction of sp³-hybridized carbons (Fsp3) is 0.111. The van der Waals surface area contributed by atoms with Gasteiger partial charge in [-0.1, -0.05) is 18.2 Å². The summed E-state index contributed by atoms with van der Waals surface area (Å²) in [6, 6.07) is 14.0. The molecule has 7 nitrogen and oxygen atoms in total. The van der Waals surface area contributed by atoms with Crippen molar-refractivity contribution in [3.05, 3.63) is 66.5 Å². The normalized spacial score (nSPS) is 12.9.